The molecule has 0 saturated carbocycles. The van der Waals surface area contributed by atoms with Crippen molar-refractivity contribution >= 4 is 29.9 Å². The molecule has 2 N–H and O–H groups in total. The summed E-state index contributed by atoms with van der Waals surface area (Å²) in [5.74, 6) is 0.909. The molecular formula is C19H41IN4O2. The van der Waals surface area contributed by atoms with Gasteiger partial charge >= 0.3 is 0 Å². The quantitative estimate of drug-likeness (QED) is 0.228. The summed E-state index contributed by atoms with van der Waals surface area (Å²) in [4.78, 5) is 7.29. The van der Waals surface area contributed by atoms with Crippen molar-refractivity contribution in [3.8, 4) is 0 Å². The van der Waals surface area contributed by atoms with Gasteiger partial charge in [-0.3, -0.25) is 4.99 Å². The summed E-state index contributed by atoms with van der Waals surface area (Å²) in [5, 5.41) is 6.97. The Kier molecular flexibility index (Phi) is 13.9. The highest BCUT2D eigenvalue weighted by Gasteiger charge is 2.24. The van der Waals surface area contributed by atoms with Gasteiger partial charge in [0.1, 0.15) is 0 Å². The molecule has 0 aromatic rings. The van der Waals surface area contributed by atoms with Crippen LogP contribution < -0.4 is 10.6 Å². The molecule has 0 amide bonds. The van der Waals surface area contributed by atoms with E-state index in [1.165, 1.54) is 0 Å². The summed E-state index contributed by atoms with van der Waals surface area (Å²) < 4.78 is 10.8. The Morgan fingerprint density at radius 3 is 2.38 bits per heavy atom. The fraction of sp³-hybridized carbons (Fsp3) is 0.947. The maximum Gasteiger partial charge on any atom is 0.191 e. The normalized spacial score (nSPS) is 18.3. The highest BCUT2D eigenvalue weighted by Crippen LogP contribution is 2.21. The summed E-state index contributed by atoms with van der Waals surface area (Å²) in [7, 11) is 3.54. The average molecular weight is 484 g/mol. The predicted molar refractivity (Wildman–Crippen MR) is 121 cm³/mol. The molecule has 0 aromatic carbocycles. The first-order valence-electron chi connectivity index (χ1n) is 9.69. The summed E-state index contributed by atoms with van der Waals surface area (Å²) in [5.41, 5.74) is 0.0864. The number of hydrogen-bond acceptors (Lipinski definition) is 4. The zero-order valence-electron chi connectivity index (χ0n) is 17.6. The van der Waals surface area contributed by atoms with Gasteiger partial charge in [0.15, 0.2) is 5.96 Å². The number of guanidine groups is 1. The van der Waals surface area contributed by atoms with Crippen LogP contribution in [0.25, 0.3) is 0 Å². The number of nitrogens with one attached hydrogen (secondary N) is 2. The molecule has 26 heavy (non-hydrogen) atoms. The van der Waals surface area contributed by atoms with Gasteiger partial charge in [-0.1, -0.05) is 20.8 Å². The average Bonchev–Trinajstić information content (AvgIpc) is 2.56. The van der Waals surface area contributed by atoms with Gasteiger partial charge in [0.25, 0.3) is 0 Å². The zero-order chi connectivity index (χ0) is 18.7. The van der Waals surface area contributed by atoms with Gasteiger partial charge in [0, 0.05) is 53.0 Å². The van der Waals surface area contributed by atoms with Crippen molar-refractivity contribution in [3.05, 3.63) is 0 Å². The van der Waals surface area contributed by atoms with Crippen molar-refractivity contribution in [2.24, 2.45) is 10.4 Å². The number of likely N-dealkylation sites (tertiary alicyclic amines) is 1. The Labute approximate surface area is 177 Å². The number of aliphatic imine (C=N–C) groups is 1. The van der Waals surface area contributed by atoms with Crippen molar-refractivity contribution in [3.63, 3.8) is 0 Å². The topological polar surface area (TPSA) is 58.1 Å². The molecular weight excluding hydrogens is 443 g/mol. The predicted octanol–water partition coefficient (Wildman–Crippen LogP) is 2.72. The molecule has 1 unspecified atom stereocenters. The molecule has 1 saturated heterocycles. The van der Waals surface area contributed by atoms with Crippen molar-refractivity contribution in [1.82, 2.24) is 15.5 Å². The van der Waals surface area contributed by atoms with E-state index in [2.05, 4.69) is 43.2 Å². The van der Waals surface area contributed by atoms with Gasteiger partial charge in [-0.15, -0.1) is 24.0 Å². The number of piperidine rings is 1. The molecule has 1 aliphatic heterocycles. The molecule has 0 radical (unpaired) electrons. The smallest absolute Gasteiger partial charge is 0.191 e. The Morgan fingerprint density at radius 2 is 1.88 bits per heavy atom. The maximum atomic E-state index is 5.61. The van der Waals surface area contributed by atoms with E-state index in [1.807, 2.05) is 0 Å². The Balaban J connectivity index is 0.00000625. The van der Waals surface area contributed by atoms with Crippen molar-refractivity contribution in [2.45, 2.75) is 59.1 Å². The number of halogens is 1. The van der Waals surface area contributed by atoms with Gasteiger partial charge in [-0.25, -0.2) is 0 Å². The van der Waals surface area contributed by atoms with Crippen LogP contribution in [0.2, 0.25) is 0 Å². The minimum Gasteiger partial charge on any atom is -0.385 e. The van der Waals surface area contributed by atoms with Gasteiger partial charge in [0.05, 0.1) is 12.6 Å². The standard InChI is InChI=1S/C19H40N4O2.HI/c1-7-20-18(21-15-17(25-6)19(2,3)4)22-16-9-12-23(13-10-16)11-8-14-24-5;/h16-17H,7-15H2,1-6H3,(H2,20,21,22);1H. The fourth-order valence-electron chi connectivity index (χ4n) is 3.12. The van der Waals surface area contributed by atoms with E-state index in [4.69, 9.17) is 14.5 Å². The SMILES string of the molecule is CCNC(=NCC(OC)C(C)(C)C)NC1CCN(CCCOC)CC1.I. The maximum absolute atomic E-state index is 5.61. The molecule has 1 aliphatic rings. The molecule has 1 rings (SSSR count). The first-order valence-corrected chi connectivity index (χ1v) is 9.69. The summed E-state index contributed by atoms with van der Waals surface area (Å²) >= 11 is 0. The first-order chi connectivity index (χ1) is 11.9. The van der Waals surface area contributed by atoms with Crippen molar-refractivity contribution in [2.75, 3.05) is 53.6 Å². The van der Waals surface area contributed by atoms with E-state index in [-0.39, 0.29) is 35.5 Å². The fourth-order valence-corrected chi connectivity index (χ4v) is 3.12. The molecule has 7 heteroatoms. The van der Waals surface area contributed by atoms with Crippen LogP contribution in [0, 0.1) is 5.41 Å². The van der Waals surface area contributed by atoms with Crippen LogP contribution in [-0.4, -0.2) is 76.6 Å². The van der Waals surface area contributed by atoms with Crippen LogP contribution in [0.1, 0.15) is 47.0 Å². The van der Waals surface area contributed by atoms with Crippen LogP contribution in [0.15, 0.2) is 4.99 Å². The molecule has 0 aliphatic carbocycles. The van der Waals surface area contributed by atoms with E-state index in [9.17, 15) is 0 Å². The Bertz CT molecular complexity index is 380. The van der Waals surface area contributed by atoms with Crippen LogP contribution in [-0.2, 0) is 9.47 Å². The number of nitrogens with zero attached hydrogens (tertiary/aromatic N) is 2. The molecule has 0 aromatic heterocycles. The molecule has 1 fully saturated rings. The van der Waals surface area contributed by atoms with Gasteiger partial charge in [-0.2, -0.15) is 0 Å². The van der Waals surface area contributed by atoms with E-state index >= 15 is 0 Å². The monoisotopic (exact) mass is 484 g/mol. The van der Waals surface area contributed by atoms with Crippen LogP contribution in [0.3, 0.4) is 0 Å². The lowest BCUT2D eigenvalue weighted by molar-refractivity contribution is 0.0241. The second kappa shape index (κ2) is 14.0. The van der Waals surface area contributed by atoms with Gasteiger partial charge in [-0.05, 0) is 31.6 Å². The number of rotatable bonds is 9. The number of methoxy groups -OCH3 is 2. The molecule has 1 heterocycles. The Hall–Kier alpha value is -0.120. The van der Waals surface area contributed by atoms with Gasteiger partial charge in [0.2, 0.25) is 0 Å². The summed E-state index contributed by atoms with van der Waals surface area (Å²) in [6.45, 7) is 14.5. The lowest BCUT2D eigenvalue weighted by Gasteiger charge is -2.33. The highest BCUT2D eigenvalue weighted by atomic mass is 127. The van der Waals surface area contributed by atoms with E-state index in [0.29, 0.717) is 12.6 Å². The summed E-state index contributed by atoms with van der Waals surface area (Å²) in [6, 6.07) is 0.493. The van der Waals surface area contributed by atoms with E-state index < -0.39 is 0 Å². The van der Waals surface area contributed by atoms with E-state index in [0.717, 1.165) is 58.0 Å². The van der Waals surface area contributed by atoms with Crippen molar-refractivity contribution in [1.29, 1.82) is 0 Å². The first kappa shape index (κ1) is 25.9. The van der Waals surface area contributed by atoms with Crippen LogP contribution in [0.5, 0.6) is 0 Å². The minimum atomic E-state index is 0. The lowest BCUT2D eigenvalue weighted by Crippen LogP contribution is -2.49. The van der Waals surface area contributed by atoms with Crippen molar-refractivity contribution < 1.29 is 9.47 Å². The summed E-state index contributed by atoms with van der Waals surface area (Å²) in [6.07, 6.45) is 3.55. The second-order valence-electron chi connectivity index (χ2n) is 7.92. The third kappa shape index (κ3) is 10.3. The third-order valence-electron chi connectivity index (χ3n) is 4.76. The largest absolute Gasteiger partial charge is 0.385 e. The second-order valence-corrected chi connectivity index (χ2v) is 7.92. The molecule has 156 valence electrons. The highest BCUT2D eigenvalue weighted by molar-refractivity contribution is 14.0. The Morgan fingerprint density at radius 1 is 1.23 bits per heavy atom. The minimum absolute atomic E-state index is 0. The zero-order valence-corrected chi connectivity index (χ0v) is 20.0. The number of hydrogen-bond donors (Lipinski definition) is 2. The number of ether oxygens (including phenoxy) is 2. The van der Waals surface area contributed by atoms with Crippen LogP contribution >= 0.6 is 24.0 Å². The molecule has 1 atom stereocenters. The molecule has 0 bridgehead atoms. The molecule has 0 spiro atoms. The lowest BCUT2D eigenvalue weighted by atomic mass is 9.89. The molecule has 6 nitrogen and oxygen atoms in total. The van der Waals surface area contributed by atoms with Crippen LogP contribution in [0.4, 0.5) is 0 Å². The van der Waals surface area contributed by atoms with E-state index in [1.54, 1.807) is 14.2 Å². The van der Waals surface area contributed by atoms with Gasteiger partial charge < -0.3 is 25.0 Å². The third-order valence-corrected chi connectivity index (χ3v) is 4.76.